The number of nitrogens with two attached hydrogens (primary N) is 1. The largest absolute Gasteiger partial charge is 0.398 e. The summed E-state index contributed by atoms with van der Waals surface area (Å²) < 4.78 is 0.564. The van der Waals surface area contributed by atoms with E-state index in [1.165, 1.54) is 12.1 Å². The highest BCUT2D eigenvalue weighted by Gasteiger charge is 2.09. The number of nitrogens with zero attached hydrogens (tertiary/aromatic N) is 1. The summed E-state index contributed by atoms with van der Waals surface area (Å²) in [5.41, 5.74) is 6.88. The Hall–Kier alpha value is -1.10. The molecule has 1 aromatic rings. The van der Waals surface area contributed by atoms with Crippen molar-refractivity contribution in [1.29, 1.82) is 0 Å². The summed E-state index contributed by atoms with van der Waals surface area (Å²) in [5.74, 6) is 0. The Morgan fingerprint density at radius 2 is 1.93 bits per heavy atom. The van der Waals surface area contributed by atoms with Gasteiger partial charge in [-0.3, -0.25) is 10.1 Å². The van der Waals surface area contributed by atoms with Gasteiger partial charge in [0.2, 0.25) is 0 Å². The topological polar surface area (TPSA) is 69.2 Å². The monoisotopic (exact) mass is 260 g/mol. The van der Waals surface area contributed by atoms with Gasteiger partial charge in [0.1, 0.15) is 0 Å². The molecule has 0 fully saturated rings. The molecule has 5 heteroatoms. The fraction of sp³-hybridized carbons (Fsp3) is 0.333. The smallest absolute Gasteiger partial charge is 0.270 e. The fourth-order valence-electron chi connectivity index (χ4n) is 0.843. The van der Waals surface area contributed by atoms with E-state index >= 15 is 0 Å². The van der Waals surface area contributed by atoms with E-state index in [2.05, 4.69) is 15.9 Å². The lowest BCUT2D eigenvalue weighted by Gasteiger charge is -2.01. The van der Waals surface area contributed by atoms with Gasteiger partial charge < -0.3 is 5.73 Å². The molecule has 0 aliphatic carbocycles. The zero-order valence-electron chi connectivity index (χ0n) is 8.37. The molecule has 0 atom stereocenters. The summed E-state index contributed by atoms with van der Waals surface area (Å²) in [4.78, 5) is 9.91. The Morgan fingerprint density at radius 1 is 1.43 bits per heavy atom. The van der Waals surface area contributed by atoms with Crippen molar-refractivity contribution in [2.75, 3.05) is 5.73 Å². The van der Waals surface area contributed by atoms with Crippen LogP contribution in [0.4, 0.5) is 11.4 Å². The molecule has 1 aromatic carbocycles. The molecule has 78 valence electrons. The summed E-state index contributed by atoms with van der Waals surface area (Å²) in [7, 11) is 0. The fourth-order valence-corrected chi connectivity index (χ4v) is 1.39. The highest BCUT2D eigenvalue weighted by atomic mass is 79.9. The molecule has 0 spiro atoms. The first-order valence-corrected chi connectivity index (χ1v) is 5.01. The lowest BCUT2D eigenvalue weighted by atomic mass is 10.2. The Balaban J connectivity index is 0.000000791. The molecule has 0 aromatic heterocycles. The van der Waals surface area contributed by atoms with Gasteiger partial charge in [-0.05, 0) is 28.4 Å². The number of nitro benzene ring substituents is 1. The van der Waals surface area contributed by atoms with Crippen LogP contribution in [-0.4, -0.2) is 4.92 Å². The Morgan fingerprint density at radius 3 is 2.29 bits per heavy atom. The van der Waals surface area contributed by atoms with E-state index in [0.717, 1.165) is 0 Å². The molecule has 0 unspecified atom stereocenters. The highest BCUT2D eigenvalue weighted by molar-refractivity contribution is 9.10. The molecular formula is C9H13BrN2O2. The summed E-state index contributed by atoms with van der Waals surface area (Å²) in [6, 6.07) is 2.84. The van der Waals surface area contributed by atoms with Crippen LogP contribution in [0.1, 0.15) is 19.4 Å². The minimum Gasteiger partial charge on any atom is -0.398 e. The molecule has 0 radical (unpaired) electrons. The van der Waals surface area contributed by atoms with Crippen LogP contribution in [0.2, 0.25) is 0 Å². The molecule has 2 N–H and O–H groups in total. The van der Waals surface area contributed by atoms with Gasteiger partial charge in [0.25, 0.3) is 5.69 Å². The van der Waals surface area contributed by atoms with E-state index < -0.39 is 4.92 Å². The number of halogens is 1. The molecular weight excluding hydrogens is 248 g/mol. The average molecular weight is 261 g/mol. The molecule has 1 rings (SSSR count). The third-order valence-corrected chi connectivity index (χ3v) is 2.19. The van der Waals surface area contributed by atoms with Crippen molar-refractivity contribution in [1.82, 2.24) is 0 Å². The van der Waals surface area contributed by atoms with Gasteiger partial charge >= 0.3 is 0 Å². The van der Waals surface area contributed by atoms with E-state index in [9.17, 15) is 10.1 Å². The van der Waals surface area contributed by atoms with Crippen molar-refractivity contribution in [3.63, 3.8) is 0 Å². The van der Waals surface area contributed by atoms with Crippen LogP contribution >= 0.6 is 15.9 Å². The highest BCUT2D eigenvalue weighted by Crippen LogP contribution is 2.28. The third-order valence-electron chi connectivity index (χ3n) is 1.53. The van der Waals surface area contributed by atoms with Crippen LogP contribution in [-0.2, 0) is 0 Å². The van der Waals surface area contributed by atoms with Gasteiger partial charge in [-0.2, -0.15) is 0 Å². The van der Waals surface area contributed by atoms with E-state index in [4.69, 9.17) is 5.73 Å². The zero-order chi connectivity index (χ0) is 11.3. The number of hydrogen-bond donors (Lipinski definition) is 1. The Bertz CT molecular complexity index is 317. The quantitative estimate of drug-likeness (QED) is 0.479. The van der Waals surface area contributed by atoms with Crippen molar-refractivity contribution in [3.05, 3.63) is 32.3 Å². The van der Waals surface area contributed by atoms with Gasteiger partial charge in [0.15, 0.2) is 0 Å². The van der Waals surface area contributed by atoms with Crippen LogP contribution < -0.4 is 5.73 Å². The van der Waals surface area contributed by atoms with E-state index in [-0.39, 0.29) is 5.69 Å². The van der Waals surface area contributed by atoms with Gasteiger partial charge in [-0.15, -0.1) is 0 Å². The molecule has 0 amide bonds. The van der Waals surface area contributed by atoms with Crippen molar-refractivity contribution in [2.24, 2.45) is 0 Å². The van der Waals surface area contributed by atoms with Gasteiger partial charge in [-0.1, -0.05) is 13.8 Å². The lowest BCUT2D eigenvalue weighted by molar-refractivity contribution is -0.385. The second kappa shape index (κ2) is 5.59. The lowest BCUT2D eigenvalue weighted by Crippen LogP contribution is -1.94. The minimum absolute atomic E-state index is 0.0496. The third kappa shape index (κ3) is 2.99. The number of rotatable bonds is 1. The van der Waals surface area contributed by atoms with Crippen LogP contribution in [0.5, 0.6) is 0 Å². The molecule has 0 heterocycles. The standard InChI is InChI=1S/C7H7BrN2O2.C2H6/c1-4-2-5(10(11)12)3-6(8)7(4)9;1-2/h2-3H,9H2,1H3;1-2H3. The number of non-ortho nitro benzene ring substituents is 1. The normalized spacial score (nSPS) is 8.86. The molecule has 0 saturated heterocycles. The first-order valence-electron chi connectivity index (χ1n) is 4.22. The van der Waals surface area contributed by atoms with Gasteiger partial charge in [0.05, 0.1) is 4.92 Å². The number of nitrogen functional groups attached to an aromatic ring is 1. The van der Waals surface area contributed by atoms with Crippen molar-refractivity contribution < 1.29 is 4.92 Å². The molecule has 0 aliphatic rings. The average Bonchev–Trinajstić information content (AvgIpc) is 2.16. The van der Waals surface area contributed by atoms with Crippen molar-refractivity contribution in [2.45, 2.75) is 20.8 Å². The van der Waals surface area contributed by atoms with E-state index in [0.29, 0.717) is 15.7 Å². The molecule has 4 nitrogen and oxygen atoms in total. The maximum atomic E-state index is 10.4. The summed E-state index contributed by atoms with van der Waals surface area (Å²) >= 11 is 3.14. The van der Waals surface area contributed by atoms with E-state index in [1.54, 1.807) is 6.92 Å². The van der Waals surface area contributed by atoms with Gasteiger partial charge in [-0.25, -0.2) is 0 Å². The maximum Gasteiger partial charge on any atom is 0.270 e. The van der Waals surface area contributed by atoms with Crippen molar-refractivity contribution >= 4 is 27.3 Å². The second-order valence-corrected chi connectivity index (χ2v) is 3.27. The number of benzene rings is 1. The van der Waals surface area contributed by atoms with Crippen LogP contribution in [0.25, 0.3) is 0 Å². The summed E-state index contributed by atoms with van der Waals surface area (Å²) in [6.45, 7) is 5.73. The zero-order valence-corrected chi connectivity index (χ0v) is 9.96. The first kappa shape index (κ1) is 12.9. The van der Waals surface area contributed by atoms with Crippen LogP contribution in [0.3, 0.4) is 0 Å². The Labute approximate surface area is 91.4 Å². The first-order chi connectivity index (χ1) is 6.52. The molecule has 0 aliphatic heterocycles. The van der Waals surface area contributed by atoms with Crippen molar-refractivity contribution in [3.8, 4) is 0 Å². The Kier molecular flexibility index (Phi) is 5.15. The molecule has 14 heavy (non-hydrogen) atoms. The maximum absolute atomic E-state index is 10.4. The number of anilines is 1. The van der Waals surface area contributed by atoms with E-state index in [1.807, 2.05) is 13.8 Å². The van der Waals surface area contributed by atoms with Gasteiger partial charge in [0, 0.05) is 22.3 Å². The molecule has 0 saturated carbocycles. The summed E-state index contributed by atoms with van der Waals surface area (Å²) in [5, 5.41) is 10.4. The number of nitro groups is 1. The number of hydrogen-bond acceptors (Lipinski definition) is 3. The second-order valence-electron chi connectivity index (χ2n) is 2.42. The molecule has 0 bridgehead atoms. The van der Waals surface area contributed by atoms with Crippen LogP contribution in [0.15, 0.2) is 16.6 Å². The summed E-state index contributed by atoms with van der Waals surface area (Å²) in [6.07, 6.45) is 0. The van der Waals surface area contributed by atoms with Crippen LogP contribution in [0, 0.1) is 17.0 Å². The minimum atomic E-state index is -0.447. The predicted octanol–water partition coefficient (Wildman–Crippen LogP) is 3.27. The SMILES string of the molecule is CC.Cc1cc([N+](=O)[O-])cc(Br)c1N. The predicted molar refractivity (Wildman–Crippen MR) is 61.3 cm³/mol. The number of aryl methyl sites for hydroxylation is 1.